The summed E-state index contributed by atoms with van der Waals surface area (Å²) in [4.78, 5) is 0. The molecule has 2 aliphatic carbocycles. The van der Waals surface area contributed by atoms with E-state index in [2.05, 4.69) is 146 Å². The maximum atomic E-state index is 4.00. The maximum Gasteiger partial charge on any atom is 0.0882 e. The summed E-state index contributed by atoms with van der Waals surface area (Å²) in [5, 5.41) is 0. The van der Waals surface area contributed by atoms with Gasteiger partial charge in [-0.3, -0.25) is 3.93 Å². The minimum Gasteiger partial charge on any atom is -0.297 e. The van der Waals surface area contributed by atoms with Crippen LogP contribution in [0.1, 0.15) is 67.0 Å². The van der Waals surface area contributed by atoms with Crippen LogP contribution < -0.4 is 3.93 Å². The molecule has 0 aromatic heterocycles. The lowest BCUT2D eigenvalue weighted by atomic mass is 9.67. The summed E-state index contributed by atoms with van der Waals surface area (Å²) in [6, 6.07) is 34.1. The number of fused-ring (bicyclic) bond motifs is 6. The second-order valence-corrected chi connectivity index (χ2v) is 12.5. The Kier molecular flexibility index (Phi) is 5.20. The number of benzene rings is 4. The topological polar surface area (TPSA) is 3.24 Å². The highest BCUT2D eigenvalue weighted by Gasteiger charge is 2.45. The van der Waals surface area contributed by atoms with Crippen LogP contribution in [-0.2, 0) is 5.41 Å². The lowest BCUT2D eigenvalue weighted by Gasteiger charge is -2.36. The lowest BCUT2D eigenvalue weighted by molar-refractivity contribution is 0.463. The zero-order valence-electron chi connectivity index (χ0n) is 22.6. The SMILES string of the molecule is CC1=C(C)C2C(=C1c1ccccc1)c1cc(C(C)(C)C3c4ccccc4-c4ccccc43)c(C)cc1N2Br. The lowest BCUT2D eigenvalue weighted by Crippen LogP contribution is -2.28. The Hall–Kier alpha value is -3.36. The summed E-state index contributed by atoms with van der Waals surface area (Å²) >= 11 is 4.00. The summed E-state index contributed by atoms with van der Waals surface area (Å²) in [6.07, 6.45) is 0. The van der Waals surface area contributed by atoms with Crippen molar-refractivity contribution in [3.05, 3.63) is 136 Å². The van der Waals surface area contributed by atoms with Gasteiger partial charge < -0.3 is 0 Å². The Morgan fingerprint density at radius 3 is 1.92 bits per heavy atom. The Morgan fingerprint density at radius 1 is 0.711 bits per heavy atom. The normalized spacial score (nSPS) is 18.2. The zero-order valence-corrected chi connectivity index (χ0v) is 24.2. The number of anilines is 1. The minimum absolute atomic E-state index is 0.0966. The van der Waals surface area contributed by atoms with Crippen molar-refractivity contribution in [2.24, 2.45) is 0 Å². The van der Waals surface area contributed by atoms with Gasteiger partial charge in [0.1, 0.15) is 0 Å². The van der Waals surface area contributed by atoms with E-state index in [-0.39, 0.29) is 11.5 Å². The molecule has 0 amide bonds. The molecule has 1 unspecified atom stereocenters. The summed E-state index contributed by atoms with van der Waals surface area (Å²) < 4.78 is 2.32. The molecule has 4 aromatic rings. The Morgan fingerprint density at radius 2 is 1.29 bits per heavy atom. The number of allylic oxidation sites excluding steroid dienone is 2. The van der Waals surface area contributed by atoms with Crippen LogP contribution >= 0.6 is 16.1 Å². The van der Waals surface area contributed by atoms with Gasteiger partial charge in [-0.1, -0.05) is 92.7 Å². The number of halogens is 1. The average molecular weight is 559 g/mol. The number of aryl methyl sites for hydroxylation is 1. The fourth-order valence-electron chi connectivity index (χ4n) is 7.51. The molecule has 7 rings (SSSR count). The molecule has 4 aromatic carbocycles. The van der Waals surface area contributed by atoms with Crippen molar-refractivity contribution in [2.75, 3.05) is 3.93 Å². The number of nitrogens with zero attached hydrogens (tertiary/aromatic N) is 1. The first kappa shape index (κ1) is 23.7. The first-order chi connectivity index (χ1) is 18.3. The molecule has 2 heteroatoms. The highest BCUT2D eigenvalue weighted by Crippen LogP contribution is 2.58. The second kappa shape index (κ2) is 8.32. The molecule has 0 bridgehead atoms. The molecular weight excluding hydrogens is 526 g/mol. The van der Waals surface area contributed by atoms with Crippen LogP contribution in [0, 0.1) is 6.92 Å². The van der Waals surface area contributed by atoms with Crippen molar-refractivity contribution >= 4 is 33.0 Å². The number of hydrogen-bond acceptors (Lipinski definition) is 1. The van der Waals surface area contributed by atoms with Crippen molar-refractivity contribution in [1.29, 1.82) is 0 Å². The standard InChI is InChI=1S/C36H32BrN/c1-21-19-31-29(33-32(24-13-7-6-8-14-24)22(2)23(3)35(33)38(31)37)20-30(21)36(4,5)34-27-17-11-9-15-25(27)26-16-10-12-18-28(26)34/h6-20,34-35H,1-5H3. The van der Waals surface area contributed by atoms with Crippen LogP contribution in [-0.4, -0.2) is 6.04 Å². The highest BCUT2D eigenvalue weighted by atomic mass is 79.9. The molecule has 188 valence electrons. The highest BCUT2D eigenvalue weighted by molar-refractivity contribution is 9.10. The van der Waals surface area contributed by atoms with E-state index in [1.165, 1.54) is 72.5 Å². The third-order valence-electron chi connectivity index (χ3n) is 9.32. The van der Waals surface area contributed by atoms with Crippen LogP contribution in [0.2, 0.25) is 0 Å². The molecule has 1 aliphatic heterocycles. The Labute approximate surface area is 234 Å². The van der Waals surface area contributed by atoms with E-state index < -0.39 is 0 Å². The first-order valence-electron chi connectivity index (χ1n) is 13.6. The van der Waals surface area contributed by atoms with Gasteiger partial charge in [0.15, 0.2) is 0 Å². The van der Waals surface area contributed by atoms with Crippen LogP contribution in [0.25, 0.3) is 22.3 Å². The molecule has 0 saturated carbocycles. The predicted octanol–water partition coefficient (Wildman–Crippen LogP) is 9.84. The van der Waals surface area contributed by atoms with E-state index in [1.54, 1.807) is 0 Å². The van der Waals surface area contributed by atoms with Gasteiger partial charge in [0, 0.05) is 16.9 Å². The van der Waals surface area contributed by atoms with Crippen molar-refractivity contribution in [3.8, 4) is 11.1 Å². The second-order valence-electron chi connectivity index (χ2n) is 11.7. The molecule has 0 radical (unpaired) electrons. The first-order valence-corrected chi connectivity index (χ1v) is 14.3. The summed E-state index contributed by atoms with van der Waals surface area (Å²) in [6.45, 7) is 11.8. The Bertz CT molecular complexity index is 1640. The van der Waals surface area contributed by atoms with E-state index >= 15 is 0 Å². The average Bonchev–Trinajstić information content (AvgIpc) is 3.50. The van der Waals surface area contributed by atoms with E-state index in [0.29, 0.717) is 5.92 Å². The molecule has 0 fully saturated rings. The monoisotopic (exact) mass is 557 g/mol. The van der Waals surface area contributed by atoms with Crippen molar-refractivity contribution in [1.82, 2.24) is 0 Å². The molecular formula is C36H32BrN. The van der Waals surface area contributed by atoms with Crippen molar-refractivity contribution < 1.29 is 0 Å². The minimum atomic E-state index is -0.0966. The zero-order chi connectivity index (χ0) is 26.3. The van der Waals surface area contributed by atoms with Gasteiger partial charge in [0.05, 0.1) is 27.9 Å². The summed E-state index contributed by atoms with van der Waals surface area (Å²) in [5.41, 5.74) is 17.9. The molecule has 1 atom stereocenters. The summed E-state index contributed by atoms with van der Waals surface area (Å²) in [7, 11) is 0. The molecule has 0 N–H and O–H groups in total. The smallest absolute Gasteiger partial charge is 0.0882 e. The van der Waals surface area contributed by atoms with E-state index in [4.69, 9.17) is 0 Å². The summed E-state index contributed by atoms with van der Waals surface area (Å²) in [5.74, 6) is 0.302. The van der Waals surface area contributed by atoms with Gasteiger partial charge in [0.2, 0.25) is 0 Å². The van der Waals surface area contributed by atoms with E-state index in [9.17, 15) is 0 Å². The number of hydrogen-bond donors (Lipinski definition) is 0. The molecule has 0 spiro atoms. The quantitative estimate of drug-likeness (QED) is 0.226. The molecule has 38 heavy (non-hydrogen) atoms. The fraction of sp³-hybridized carbons (Fsp3) is 0.222. The third kappa shape index (κ3) is 3.10. The van der Waals surface area contributed by atoms with Gasteiger partial charge in [-0.05, 0) is 94.1 Å². The van der Waals surface area contributed by atoms with Crippen LogP contribution in [0.4, 0.5) is 5.69 Å². The van der Waals surface area contributed by atoms with Gasteiger partial charge in [-0.15, -0.1) is 0 Å². The largest absolute Gasteiger partial charge is 0.297 e. The van der Waals surface area contributed by atoms with Gasteiger partial charge >= 0.3 is 0 Å². The molecule has 1 nitrogen and oxygen atoms in total. The van der Waals surface area contributed by atoms with Crippen LogP contribution in [0.3, 0.4) is 0 Å². The maximum absolute atomic E-state index is 4.00. The van der Waals surface area contributed by atoms with E-state index in [0.717, 1.165) is 0 Å². The van der Waals surface area contributed by atoms with E-state index in [1.807, 2.05) is 0 Å². The molecule has 1 heterocycles. The van der Waals surface area contributed by atoms with Gasteiger partial charge in [0.25, 0.3) is 0 Å². The number of rotatable bonds is 3. The van der Waals surface area contributed by atoms with Gasteiger partial charge in [-0.2, -0.15) is 0 Å². The van der Waals surface area contributed by atoms with Crippen molar-refractivity contribution in [2.45, 2.75) is 52.0 Å². The molecule has 3 aliphatic rings. The fourth-order valence-corrected chi connectivity index (χ4v) is 8.31. The predicted molar refractivity (Wildman–Crippen MR) is 165 cm³/mol. The Balaban J connectivity index is 1.45. The molecule has 0 saturated heterocycles. The van der Waals surface area contributed by atoms with Crippen LogP contribution in [0.5, 0.6) is 0 Å². The van der Waals surface area contributed by atoms with Crippen molar-refractivity contribution in [3.63, 3.8) is 0 Å². The van der Waals surface area contributed by atoms with Crippen LogP contribution in [0.15, 0.2) is 102 Å². The van der Waals surface area contributed by atoms with Gasteiger partial charge in [-0.25, -0.2) is 0 Å². The third-order valence-corrected chi connectivity index (χ3v) is 10.1.